The minimum absolute atomic E-state index is 0.321. The van der Waals surface area contributed by atoms with Crippen molar-refractivity contribution in [2.45, 2.75) is 52.1 Å². The van der Waals surface area contributed by atoms with Crippen molar-refractivity contribution in [3.63, 3.8) is 0 Å². The lowest BCUT2D eigenvalue weighted by Crippen LogP contribution is -2.25. The van der Waals surface area contributed by atoms with Gasteiger partial charge in [-0.2, -0.15) is 0 Å². The van der Waals surface area contributed by atoms with Gasteiger partial charge in [-0.1, -0.05) is 19.8 Å². The first-order valence-corrected chi connectivity index (χ1v) is 6.90. The molecule has 2 rings (SSSR count). The summed E-state index contributed by atoms with van der Waals surface area (Å²) in [6.45, 7) is 4.27. The Bertz CT molecular complexity index is 395. The summed E-state index contributed by atoms with van der Waals surface area (Å²) in [6.07, 6.45) is 8.07. The molecule has 4 heteroatoms. The first-order chi connectivity index (χ1) is 8.74. The minimum Gasteiger partial charge on any atom is -0.474 e. The Balaban J connectivity index is 2.04. The van der Waals surface area contributed by atoms with E-state index in [-0.39, 0.29) is 0 Å². The molecule has 0 amide bonds. The van der Waals surface area contributed by atoms with Crippen molar-refractivity contribution in [1.82, 2.24) is 9.97 Å². The van der Waals surface area contributed by atoms with Gasteiger partial charge in [-0.15, -0.1) is 0 Å². The van der Waals surface area contributed by atoms with E-state index in [1.54, 1.807) is 6.33 Å². The summed E-state index contributed by atoms with van der Waals surface area (Å²) in [4.78, 5) is 8.44. The first-order valence-electron chi connectivity index (χ1n) is 6.90. The summed E-state index contributed by atoms with van der Waals surface area (Å²) in [7, 11) is 1.87. The number of hydrogen-bond acceptors (Lipinski definition) is 4. The van der Waals surface area contributed by atoms with Crippen molar-refractivity contribution >= 4 is 5.82 Å². The van der Waals surface area contributed by atoms with Gasteiger partial charge in [-0.25, -0.2) is 9.97 Å². The van der Waals surface area contributed by atoms with Crippen LogP contribution in [0.5, 0.6) is 5.88 Å². The fraction of sp³-hybridized carbons (Fsp3) is 0.714. The fourth-order valence-electron chi connectivity index (χ4n) is 2.68. The molecule has 18 heavy (non-hydrogen) atoms. The highest BCUT2D eigenvalue weighted by molar-refractivity contribution is 5.46. The molecule has 0 radical (unpaired) electrons. The normalized spacial score (nSPS) is 23.7. The van der Waals surface area contributed by atoms with Crippen molar-refractivity contribution in [1.29, 1.82) is 0 Å². The molecule has 4 nitrogen and oxygen atoms in total. The van der Waals surface area contributed by atoms with Gasteiger partial charge in [-0.3, -0.25) is 0 Å². The van der Waals surface area contributed by atoms with Gasteiger partial charge < -0.3 is 10.1 Å². The maximum atomic E-state index is 6.07. The second kappa shape index (κ2) is 6.03. The zero-order valence-corrected chi connectivity index (χ0v) is 11.6. The average Bonchev–Trinajstić information content (AvgIpc) is 2.41. The quantitative estimate of drug-likeness (QED) is 0.890. The van der Waals surface area contributed by atoms with E-state index in [9.17, 15) is 0 Å². The van der Waals surface area contributed by atoms with E-state index in [4.69, 9.17) is 4.74 Å². The lowest BCUT2D eigenvalue weighted by Gasteiger charge is -2.29. The van der Waals surface area contributed by atoms with Crippen LogP contribution in [0, 0.1) is 12.8 Å². The van der Waals surface area contributed by atoms with E-state index in [0.29, 0.717) is 6.10 Å². The highest BCUT2D eigenvalue weighted by Gasteiger charge is 2.23. The summed E-state index contributed by atoms with van der Waals surface area (Å²) < 4.78 is 6.07. The van der Waals surface area contributed by atoms with Gasteiger partial charge in [-0.05, 0) is 32.1 Å². The molecule has 1 aromatic rings. The number of nitrogens with one attached hydrogen (secondary N) is 1. The highest BCUT2D eigenvalue weighted by Crippen LogP contribution is 2.30. The van der Waals surface area contributed by atoms with E-state index in [2.05, 4.69) is 22.2 Å². The molecule has 2 atom stereocenters. The van der Waals surface area contributed by atoms with Gasteiger partial charge in [0.1, 0.15) is 18.2 Å². The van der Waals surface area contributed by atoms with Gasteiger partial charge in [0.15, 0.2) is 0 Å². The summed E-state index contributed by atoms with van der Waals surface area (Å²) in [5, 5.41) is 3.06. The van der Waals surface area contributed by atoms with E-state index >= 15 is 0 Å². The fourth-order valence-corrected chi connectivity index (χ4v) is 2.68. The minimum atomic E-state index is 0.321. The van der Waals surface area contributed by atoms with Crippen LogP contribution in [0.25, 0.3) is 0 Å². The number of ether oxygens (including phenoxy) is 1. The lowest BCUT2D eigenvalue weighted by atomic mass is 9.85. The Morgan fingerprint density at radius 3 is 2.94 bits per heavy atom. The van der Waals surface area contributed by atoms with Gasteiger partial charge in [0.2, 0.25) is 5.88 Å². The first kappa shape index (κ1) is 13.1. The molecule has 1 N–H and O–H groups in total. The molecule has 100 valence electrons. The maximum Gasteiger partial charge on any atom is 0.221 e. The van der Waals surface area contributed by atoms with E-state index in [0.717, 1.165) is 36.0 Å². The molecule has 0 bridgehead atoms. The third-order valence-corrected chi connectivity index (χ3v) is 3.86. The number of aromatic nitrogens is 2. The van der Waals surface area contributed by atoms with Crippen molar-refractivity contribution < 1.29 is 4.74 Å². The predicted octanol–water partition coefficient (Wildman–Crippen LogP) is 3.17. The highest BCUT2D eigenvalue weighted by atomic mass is 16.5. The molecule has 0 aliphatic heterocycles. The summed E-state index contributed by atoms with van der Waals surface area (Å²) in [6, 6.07) is 0. The lowest BCUT2D eigenvalue weighted by molar-refractivity contribution is 0.116. The van der Waals surface area contributed by atoms with Gasteiger partial charge in [0.25, 0.3) is 0 Å². The van der Waals surface area contributed by atoms with Crippen LogP contribution < -0.4 is 10.1 Å². The largest absolute Gasteiger partial charge is 0.474 e. The molecule has 1 fully saturated rings. The summed E-state index contributed by atoms with van der Waals surface area (Å²) in [5.41, 5.74) is 0.999. The number of hydrogen-bond donors (Lipinski definition) is 1. The van der Waals surface area contributed by atoms with E-state index in [1.807, 2.05) is 14.0 Å². The monoisotopic (exact) mass is 249 g/mol. The molecular formula is C14H23N3O. The Hall–Kier alpha value is -1.32. The van der Waals surface area contributed by atoms with Crippen LogP contribution in [0.15, 0.2) is 6.33 Å². The molecule has 1 aliphatic rings. The molecule has 1 aromatic heterocycles. The van der Waals surface area contributed by atoms with E-state index < -0.39 is 0 Å². The molecule has 0 spiro atoms. The van der Waals surface area contributed by atoms with Crippen LogP contribution in [0.3, 0.4) is 0 Å². The second-order valence-electron chi connectivity index (χ2n) is 5.08. The zero-order valence-electron chi connectivity index (χ0n) is 11.6. The van der Waals surface area contributed by atoms with E-state index in [1.165, 1.54) is 19.3 Å². The van der Waals surface area contributed by atoms with Gasteiger partial charge in [0, 0.05) is 7.05 Å². The van der Waals surface area contributed by atoms with Crippen LogP contribution in [-0.4, -0.2) is 23.1 Å². The van der Waals surface area contributed by atoms with Crippen molar-refractivity contribution in [2.75, 3.05) is 12.4 Å². The number of nitrogens with zero attached hydrogens (tertiary/aromatic N) is 2. The van der Waals surface area contributed by atoms with Crippen molar-refractivity contribution in [2.24, 2.45) is 5.92 Å². The predicted molar refractivity (Wildman–Crippen MR) is 73.0 cm³/mol. The molecular weight excluding hydrogens is 226 g/mol. The number of anilines is 1. The van der Waals surface area contributed by atoms with Crippen molar-refractivity contribution in [3.05, 3.63) is 11.9 Å². The summed E-state index contributed by atoms with van der Waals surface area (Å²) in [5.74, 6) is 2.40. The van der Waals surface area contributed by atoms with Crippen LogP contribution in [0.2, 0.25) is 0 Å². The number of rotatable bonds is 4. The molecule has 1 heterocycles. The Kier molecular flexibility index (Phi) is 4.39. The summed E-state index contributed by atoms with van der Waals surface area (Å²) >= 11 is 0. The maximum absolute atomic E-state index is 6.07. The topological polar surface area (TPSA) is 47.0 Å². The second-order valence-corrected chi connectivity index (χ2v) is 5.08. The van der Waals surface area contributed by atoms with Crippen LogP contribution >= 0.6 is 0 Å². The SMILES string of the molecule is CCC1CCCC(Oc2ncnc(NC)c2C)C1. The third-order valence-electron chi connectivity index (χ3n) is 3.86. The third kappa shape index (κ3) is 2.92. The Labute approximate surface area is 109 Å². The van der Waals surface area contributed by atoms with Crippen molar-refractivity contribution in [3.8, 4) is 5.88 Å². The zero-order chi connectivity index (χ0) is 13.0. The Morgan fingerprint density at radius 2 is 2.22 bits per heavy atom. The van der Waals surface area contributed by atoms with Crippen LogP contribution in [-0.2, 0) is 0 Å². The molecule has 0 aromatic carbocycles. The molecule has 2 unspecified atom stereocenters. The van der Waals surface area contributed by atoms with Gasteiger partial charge in [0.05, 0.1) is 5.56 Å². The van der Waals surface area contributed by atoms with Gasteiger partial charge >= 0.3 is 0 Å². The molecule has 0 saturated heterocycles. The Morgan fingerprint density at radius 1 is 1.39 bits per heavy atom. The van der Waals surface area contributed by atoms with Crippen LogP contribution in [0.4, 0.5) is 5.82 Å². The molecule has 1 saturated carbocycles. The smallest absolute Gasteiger partial charge is 0.221 e. The molecule has 1 aliphatic carbocycles. The standard InChI is InChI=1S/C14H23N3O/c1-4-11-6-5-7-12(8-11)18-14-10(2)13(15-3)16-9-17-14/h9,11-12H,4-8H2,1-3H3,(H,15,16,17). The average molecular weight is 249 g/mol. The van der Waals surface area contributed by atoms with Crippen LogP contribution in [0.1, 0.15) is 44.6 Å².